The van der Waals surface area contributed by atoms with Crippen LogP contribution in [0.5, 0.6) is 0 Å². The predicted octanol–water partition coefficient (Wildman–Crippen LogP) is 1.45. The number of allylic oxidation sites excluding steroid dienone is 1. The van der Waals surface area contributed by atoms with Crippen molar-refractivity contribution in [3.8, 4) is 0 Å². The molecule has 1 aliphatic heterocycles. The fourth-order valence-electron chi connectivity index (χ4n) is 2.07. The maximum atomic E-state index is 12.0. The average molecular weight is 205 g/mol. The highest BCUT2D eigenvalue weighted by atomic mass is 16.2. The van der Waals surface area contributed by atoms with Gasteiger partial charge in [-0.2, -0.15) is 0 Å². The number of nitrogens with zero attached hydrogens (tertiary/aromatic N) is 1. The number of amides is 1. The van der Waals surface area contributed by atoms with Crippen LogP contribution in [0.3, 0.4) is 0 Å². The number of Topliss-reactive ketones (excluding diaryl/α,β-unsaturated/α-hetero) is 1. The van der Waals surface area contributed by atoms with Gasteiger partial charge in [-0.1, -0.05) is 12.2 Å². The molecule has 80 valence electrons. The summed E-state index contributed by atoms with van der Waals surface area (Å²) in [5, 5.41) is 0. The zero-order valence-corrected chi connectivity index (χ0v) is 9.12. The lowest BCUT2D eigenvalue weighted by atomic mass is 10.0. The minimum absolute atomic E-state index is 0.0483. The Morgan fingerprint density at radius 2 is 2.27 bits per heavy atom. The van der Waals surface area contributed by atoms with Gasteiger partial charge in [-0.3, -0.25) is 9.59 Å². The molecule has 2 aliphatic rings. The molecule has 2 rings (SSSR count). The quantitative estimate of drug-likeness (QED) is 0.684. The molecular formula is C12H15NO2. The van der Waals surface area contributed by atoms with Crippen LogP contribution < -0.4 is 0 Å². The Kier molecular flexibility index (Phi) is 2.47. The molecule has 0 radical (unpaired) electrons. The highest BCUT2D eigenvalue weighted by Gasteiger charge is 2.33. The van der Waals surface area contributed by atoms with E-state index in [9.17, 15) is 9.59 Å². The van der Waals surface area contributed by atoms with Crippen molar-refractivity contribution in [2.45, 2.75) is 32.7 Å². The summed E-state index contributed by atoms with van der Waals surface area (Å²) in [4.78, 5) is 24.9. The van der Waals surface area contributed by atoms with Gasteiger partial charge in [0.1, 0.15) is 0 Å². The molecule has 0 spiro atoms. The van der Waals surface area contributed by atoms with Crippen LogP contribution in [0.15, 0.2) is 23.3 Å². The van der Waals surface area contributed by atoms with E-state index in [0.717, 1.165) is 24.0 Å². The zero-order valence-electron chi connectivity index (χ0n) is 9.12. The normalized spacial score (nSPS) is 22.0. The molecule has 0 saturated heterocycles. The zero-order chi connectivity index (χ0) is 11.0. The number of carbonyl (C=O) groups is 2. The fourth-order valence-corrected chi connectivity index (χ4v) is 2.07. The van der Waals surface area contributed by atoms with Crippen LogP contribution in [0.1, 0.15) is 26.7 Å². The molecule has 3 heteroatoms. The number of hydrogen-bond donors (Lipinski definition) is 0. The molecule has 0 fully saturated rings. The highest BCUT2D eigenvalue weighted by Crippen LogP contribution is 2.29. The first-order valence-corrected chi connectivity index (χ1v) is 5.31. The van der Waals surface area contributed by atoms with Crippen molar-refractivity contribution < 1.29 is 9.59 Å². The van der Waals surface area contributed by atoms with Gasteiger partial charge < -0.3 is 4.90 Å². The van der Waals surface area contributed by atoms with Crippen molar-refractivity contribution in [3.63, 3.8) is 0 Å². The average Bonchev–Trinajstić information content (AvgIpc) is 2.56. The molecule has 0 bridgehead atoms. The predicted molar refractivity (Wildman–Crippen MR) is 57.3 cm³/mol. The third kappa shape index (κ3) is 1.62. The minimum atomic E-state index is -0.295. The molecule has 0 aromatic rings. The van der Waals surface area contributed by atoms with Crippen LogP contribution in [-0.2, 0) is 9.59 Å². The molecule has 3 nitrogen and oxygen atoms in total. The Bertz CT molecular complexity index is 379. The standard InChI is InChI=1S/C12H15NO2/c1-8(9(2)14)13-7-10-5-3-4-6-11(10)12(13)15/h3,5,8H,4,6-7H2,1-2H3. The summed E-state index contributed by atoms with van der Waals surface area (Å²) >= 11 is 0. The van der Waals surface area contributed by atoms with Gasteiger partial charge in [-0.05, 0) is 32.3 Å². The van der Waals surface area contributed by atoms with Gasteiger partial charge in [0.2, 0.25) is 0 Å². The number of ketones is 1. The smallest absolute Gasteiger partial charge is 0.251 e. The molecular weight excluding hydrogens is 190 g/mol. The van der Waals surface area contributed by atoms with E-state index in [0.29, 0.717) is 6.54 Å². The van der Waals surface area contributed by atoms with Crippen molar-refractivity contribution >= 4 is 11.7 Å². The van der Waals surface area contributed by atoms with Crippen LogP contribution in [-0.4, -0.2) is 29.2 Å². The second-order valence-corrected chi connectivity index (χ2v) is 4.16. The van der Waals surface area contributed by atoms with E-state index in [1.54, 1.807) is 11.8 Å². The SMILES string of the molecule is CC(=O)C(C)N1CC2=C(CCC=C2)C1=O. The molecule has 1 atom stereocenters. The van der Waals surface area contributed by atoms with Gasteiger partial charge in [0.25, 0.3) is 5.91 Å². The monoisotopic (exact) mass is 205 g/mol. The summed E-state index contributed by atoms with van der Waals surface area (Å²) in [5.41, 5.74) is 2.00. The Balaban J connectivity index is 2.20. The summed E-state index contributed by atoms with van der Waals surface area (Å²) in [5.74, 6) is 0.101. The van der Waals surface area contributed by atoms with E-state index >= 15 is 0 Å². The lowest BCUT2D eigenvalue weighted by Crippen LogP contribution is -2.40. The summed E-state index contributed by atoms with van der Waals surface area (Å²) in [6.07, 6.45) is 5.87. The Morgan fingerprint density at radius 1 is 1.53 bits per heavy atom. The third-order valence-electron chi connectivity index (χ3n) is 3.18. The van der Waals surface area contributed by atoms with Gasteiger partial charge in [0.15, 0.2) is 5.78 Å². The van der Waals surface area contributed by atoms with Gasteiger partial charge in [-0.25, -0.2) is 0 Å². The van der Waals surface area contributed by atoms with E-state index < -0.39 is 0 Å². The first-order valence-electron chi connectivity index (χ1n) is 5.31. The second kappa shape index (κ2) is 3.65. The van der Waals surface area contributed by atoms with Crippen molar-refractivity contribution in [1.29, 1.82) is 0 Å². The number of carbonyl (C=O) groups excluding carboxylic acids is 2. The van der Waals surface area contributed by atoms with Crippen molar-refractivity contribution in [1.82, 2.24) is 4.90 Å². The Morgan fingerprint density at radius 3 is 2.87 bits per heavy atom. The Labute approximate surface area is 89.4 Å². The second-order valence-electron chi connectivity index (χ2n) is 4.16. The third-order valence-corrected chi connectivity index (χ3v) is 3.18. The molecule has 1 unspecified atom stereocenters. The molecule has 0 aromatic heterocycles. The molecule has 15 heavy (non-hydrogen) atoms. The van der Waals surface area contributed by atoms with E-state index in [1.165, 1.54) is 6.92 Å². The first kappa shape index (κ1) is 10.1. The Hall–Kier alpha value is -1.38. The maximum Gasteiger partial charge on any atom is 0.251 e. The van der Waals surface area contributed by atoms with Crippen molar-refractivity contribution in [3.05, 3.63) is 23.3 Å². The van der Waals surface area contributed by atoms with E-state index in [2.05, 4.69) is 6.08 Å². The molecule has 0 aromatic carbocycles. The van der Waals surface area contributed by atoms with E-state index in [-0.39, 0.29) is 17.7 Å². The van der Waals surface area contributed by atoms with E-state index in [4.69, 9.17) is 0 Å². The van der Waals surface area contributed by atoms with Crippen LogP contribution in [0.25, 0.3) is 0 Å². The van der Waals surface area contributed by atoms with Crippen LogP contribution >= 0.6 is 0 Å². The van der Waals surface area contributed by atoms with E-state index in [1.807, 2.05) is 6.08 Å². The molecule has 1 heterocycles. The van der Waals surface area contributed by atoms with Gasteiger partial charge in [0.05, 0.1) is 6.04 Å². The summed E-state index contributed by atoms with van der Waals surface area (Å²) in [6, 6.07) is -0.295. The number of rotatable bonds is 2. The first-order chi connectivity index (χ1) is 7.11. The van der Waals surface area contributed by atoms with Crippen molar-refractivity contribution in [2.75, 3.05) is 6.54 Å². The number of hydrogen-bond acceptors (Lipinski definition) is 2. The summed E-state index contributed by atoms with van der Waals surface area (Å²) < 4.78 is 0. The van der Waals surface area contributed by atoms with Crippen LogP contribution in [0, 0.1) is 0 Å². The largest absolute Gasteiger partial charge is 0.325 e. The molecule has 1 amide bonds. The minimum Gasteiger partial charge on any atom is -0.325 e. The molecule has 0 saturated carbocycles. The maximum absolute atomic E-state index is 12.0. The van der Waals surface area contributed by atoms with Gasteiger partial charge in [0, 0.05) is 12.1 Å². The molecule has 1 aliphatic carbocycles. The van der Waals surface area contributed by atoms with Crippen molar-refractivity contribution in [2.24, 2.45) is 0 Å². The highest BCUT2D eigenvalue weighted by molar-refractivity contribution is 6.00. The summed E-state index contributed by atoms with van der Waals surface area (Å²) in [6.45, 7) is 3.93. The summed E-state index contributed by atoms with van der Waals surface area (Å²) in [7, 11) is 0. The van der Waals surface area contributed by atoms with Crippen LogP contribution in [0.2, 0.25) is 0 Å². The van der Waals surface area contributed by atoms with Crippen LogP contribution in [0.4, 0.5) is 0 Å². The molecule has 0 N–H and O–H groups in total. The lowest BCUT2D eigenvalue weighted by Gasteiger charge is -2.22. The van der Waals surface area contributed by atoms with Gasteiger partial charge >= 0.3 is 0 Å². The fraction of sp³-hybridized carbons (Fsp3) is 0.500. The van der Waals surface area contributed by atoms with Gasteiger partial charge in [-0.15, -0.1) is 0 Å². The topological polar surface area (TPSA) is 37.4 Å². The lowest BCUT2D eigenvalue weighted by molar-refractivity contribution is -0.133.